The molecule has 436 valence electrons. The maximum atomic E-state index is 6.10. The fourth-order valence-corrected chi connectivity index (χ4v) is 11.6. The molecule has 0 bridgehead atoms. The lowest BCUT2D eigenvalue weighted by atomic mass is 10.0. The van der Waals surface area contributed by atoms with E-state index in [9.17, 15) is 0 Å². The van der Waals surface area contributed by atoms with Crippen LogP contribution in [0.3, 0.4) is 0 Å². The Hall–Kier alpha value is -9.18. The number of aromatic nitrogens is 8. The number of hydrogen-bond acceptors (Lipinski definition) is 12. The van der Waals surface area contributed by atoms with E-state index in [1.807, 2.05) is 45.8 Å². The minimum absolute atomic E-state index is 0.0980. The van der Waals surface area contributed by atoms with Gasteiger partial charge in [-0.15, -0.1) is 10.2 Å². The molecule has 2 fully saturated rings. The molecule has 10 aromatic rings. The highest BCUT2D eigenvalue weighted by Gasteiger charge is 2.33. The zero-order valence-electron chi connectivity index (χ0n) is 49.8. The maximum Gasteiger partial charge on any atom is 0.178 e. The number of ether oxygens (including phenoxy) is 2. The Balaban J connectivity index is 0.000000179. The number of nitrogens with zero attached hydrogens (tertiary/aromatic N) is 12. The number of rotatable bonds is 20. The van der Waals surface area contributed by atoms with Crippen LogP contribution in [0.25, 0.3) is 23.5 Å². The van der Waals surface area contributed by atoms with E-state index in [0.29, 0.717) is 13.2 Å². The van der Waals surface area contributed by atoms with Crippen molar-refractivity contribution in [2.45, 2.75) is 53.0 Å². The minimum atomic E-state index is -0.0980. The predicted molar refractivity (Wildman–Crippen MR) is 342 cm³/mol. The molecule has 12 rings (SSSR count). The van der Waals surface area contributed by atoms with E-state index >= 15 is 0 Å². The van der Waals surface area contributed by atoms with Gasteiger partial charge in [0.2, 0.25) is 0 Å². The Bertz CT molecular complexity index is 3460. The molecule has 0 radical (unpaired) electrons. The van der Waals surface area contributed by atoms with Crippen molar-refractivity contribution < 1.29 is 9.47 Å². The molecule has 2 saturated heterocycles. The van der Waals surface area contributed by atoms with Crippen molar-refractivity contribution in [2.75, 3.05) is 65.4 Å². The number of para-hydroxylation sites is 2. The van der Waals surface area contributed by atoms with Gasteiger partial charge in [0.1, 0.15) is 24.7 Å². The van der Waals surface area contributed by atoms with E-state index in [4.69, 9.17) is 9.47 Å². The average Bonchev–Trinajstić information content (AvgIpc) is 4.27. The Morgan fingerprint density at radius 1 is 0.384 bits per heavy atom. The highest BCUT2D eigenvalue weighted by atomic mass is 16.5. The second-order valence-electron chi connectivity index (χ2n) is 22.2. The second kappa shape index (κ2) is 29.1. The zero-order chi connectivity index (χ0) is 58.9. The molecule has 2 atom stereocenters. The molecule has 0 N–H and O–H groups in total. The lowest BCUT2D eigenvalue weighted by Gasteiger charge is -2.38. The van der Waals surface area contributed by atoms with Gasteiger partial charge >= 0.3 is 0 Å². The zero-order valence-corrected chi connectivity index (χ0v) is 49.8. The summed E-state index contributed by atoms with van der Waals surface area (Å²) in [5.74, 6) is 3.34. The Kier molecular flexibility index (Phi) is 19.8. The molecule has 2 aliphatic rings. The first-order valence-electron chi connectivity index (χ1n) is 29.9. The van der Waals surface area contributed by atoms with E-state index in [0.717, 1.165) is 144 Å². The van der Waals surface area contributed by atoms with Gasteiger partial charge in [-0.2, -0.15) is 9.36 Å². The first-order valence-corrected chi connectivity index (χ1v) is 29.9. The van der Waals surface area contributed by atoms with E-state index in [1.54, 1.807) is 0 Å². The van der Waals surface area contributed by atoms with Gasteiger partial charge in [0.15, 0.2) is 11.6 Å². The van der Waals surface area contributed by atoms with Crippen molar-refractivity contribution in [3.8, 4) is 22.9 Å². The molecule has 2 aromatic heterocycles. The summed E-state index contributed by atoms with van der Waals surface area (Å²) in [7, 11) is 0. The van der Waals surface area contributed by atoms with Crippen molar-refractivity contribution in [3.63, 3.8) is 0 Å². The van der Waals surface area contributed by atoms with E-state index in [1.165, 1.54) is 11.1 Å². The van der Waals surface area contributed by atoms with Crippen molar-refractivity contribution in [1.29, 1.82) is 0 Å². The summed E-state index contributed by atoms with van der Waals surface area (Å²) in [5, 5.41) is 26.6. The second-order valence-corrected chi connectivity index (χ2v) is 22.2. The van der Waals surface area contributed by atoms with Gasteiger partial charge in [0.05, 0.1) is 23.5 Å². The molecule has 0 spiro atoms. The van der Waals surface area contributed by atoms with Gasteiger partial charge in [-0.25, -0.2) is 0 Å². The van der Waals surface area contributed by atoms with Crippen LogP contribution in [-0.2, 0) is 13.2 Å². The molecule has 2 aliphatic heterocycles. The van der Waals surface area contributed by atoms with Gasteiger partial charge < -0.3 is 9.47 Å². The van der Waals surface area contributed by atoms with Gasteiger partial charge in [0.25, 0.3) is 0 Å². The van der Waals surface area contributed by atoms with Crippen molar-refractivity contribution in [1.82, 2.24) is 60.0 Å². The summed E-state index contributed by atoms with van der Waals surface area (Å²) in [4.78, 5) is 10.0. The van der Waals surface area contributed by atoms with Crippen molar-refractivity contribution in [2.24, 2.45) is 0 Å². The standard InChI is InChI=1S/2C36H38N6O/c2*1-28-11-9-12-29(2)34(28)42-36(37-38-39-42)35(32-18-20-33(21-19-32)43-27-31-15-7-4-8-16-31)41-25-23-40(24-26-41)22-10-17-30-13-5-3-6-14-30/h2*3-21,35H,22-27H2,1-2H3/b2*17-10+/t2*35-/m10/s1. The third kappa shape index (κ3) is 15.0. The number of benzene rings is 8. The summed E-state index contributed by atoms with van der Waals surface area (Å²) < 4.78 is 16.1. The summed E-state index contributed by atoms with van der Waals surface area (Å²) in [6.07, 6.45) is 8.93. The number of piperazine rings is 2. The summed E-state index contributed by atoms with van der Waals surface area (Å²) in [6, 6.07) is 70.7. The molecule has 8 aromatic carbocycles. The van der Waals surface area contributed by atoms with Gasteiger partial charge in [-0.1, -0.05) is 206 Å². The topological polar surface area (TPSA) is 119 Å². The molecule has 0 amide bonds. The fourth-order valence-electron chi connectivity index (χ4n) is 11.6. The normalized spacial score (nSPS) is 15.1. The monoisotopic (exact) mass is 1140 g/mol. The predicted octanol–water partition coefficient (Wildman–Crippen LogP) is 12.6. The fraction of sp³-hybridized carbons (Fsp3) is 0.250. The quantitative estimate of drug-likeness (QED) is 0.0723. The molecule has 4 heterocycles. The third-order valence-corrected chi connectivity index (χ3v) is 16.2. The SMILES string of the molecule is Cc1cccc(C)c1-n1nnnc1[C@@H](c1ccc(OCc2ccccc2)cc1)N1CCN(C/C=C/c2ccccc2)CC1.Cc1cccc(C)c1-n1nnnc1[C@H](c1ccc(OCc2ccccc2)cc1)N1CCN(C/C=C/c2ccccc2)CC1. The average molecular weight is 1140 g/mol. The van der Waals surface area contributed by atoms with Crippen LogP contribution in [0.2, 0.25) is 0 Å². The van der Waals surface area contributed by atoms with E-state index < -0.39 is 0 Å². The van der Waals surface area contributed by atoms with Crippen LogP contribution >= 0.6 is 0 Å². The number of hydrogen-bond donors (Lipinski definition) is 0. The largest absolute Gasteiger partial charge is 0.489 e. The smallest absolute Gasteiger partial charge is 0.178 e. The molecule has 14 heteroatoms. The van der Waals surface area contributed by atoms with Crippen LogP contribution in [0.1, 0.15) is 79.4 Å². The molecule has 0 aliphatic carbocycles. The van der Waals surface area contributed by atoms with Crippen LogP contribution in [0, 0.1) is 27.7 Å². The van der Waals surface area contributed by atoms with Crippen molar-refractivity contribution in [3.05, 3.63) is 286 Å². The third-order valence-electron chi connectivity index (χ3n) is 16.2. The Morgan fingerprint density at radius 2 is 0.721 bits per heavy atom. The molecule has 14 nitrogen and oxygen atoms in total. The highest BCUT2D eigenvalue weighted by molar-refractivity contribution is 5.51. The molecule has 86 heavy (non-hydrogen) atoms. The Labute approximate surface area is 506 Å². The molecular weight excluding hydrogens is 1060 g/mol. The van der Waals surface area contributed by atoms with Gasteiger partial charge in [0, 0.05) is 65.4 Å². The summed E-state index contributed by atoms with van der Waals surface area (Å²) in [5.41, 5.74) is 13.7. The van der Waals surface area contributed by atoms with E-state index in [2.05, 4.69) is 273 Å². The lowest BCUT2D eigenvalue weighted by Crippen LogP contribution is -2.48. The summed E-state index contributed by atoms with van der Waals surface area (Å²) >= 11 is 0. The lowest BCUT2D eigenvalue weighted by molar-refractivity contribution is 0.113. The van der Waals surface area contributed by atoms with Gasteiger partial charge in [-0.3, -0.25) is 19.6 Å². The Morgan fingerprint density at radius 3 is 1.07 bits per heavy atom. The number of tetrazole rings is 2. The maximum absolute atomic E-state index is 6.10. The van der Waals surface area contributed by atoms with Crippen molar-refractivity contribution >= 4 is 12.2 Å². The minimum Gasteiger partial charge on any atom is -0.489 e. The first kappa shape index (κ1) is 58.6. The summed E-state index contributed by atoms with van der Waals surface area (Å²) in [6.45, 7) is 18.9. The van der Waals surface area contributed by atoms with Crippen LogP contribution < -0.4 is 9.47 Å². The van der Waals surface area contributed by atoms with Crippen LogP contribution in [-0.4, -0.2) is 125 Å². The van der Waals surface area contributed by atoms with Crippen LogP contribution in [0.15, 0.2) is 218 Å². The first-order chi connectivity index (χ1) is 42.3. The molecular formula is C72H76N12O2. The highest BCUT2D eigenvalue weighted by Crippen LogP contribution is 2.34. The molecule has 0 unspecified atom stereocenters. The van der Waals surface area contributed by atoms with Gasteiger partial charge in [-0.05, 0) is 128 Å². The van der Waals surface area contributed by atoms with Crippen LogP contribution in [0.4, 0.5) is 0 Å². The van der Waals surface area contributed by atoms with Crippen LogP contribution in [0.5, 0.6) is 11.5 Å². The molecule has 0 saturated carbocycles. The number of aryl methyl sites for hydroxylation is 4. The van der Waals surface area contributed by atoms with E-state index in [-0.39, 0.29) is 12.1 Å².